The molecule has 0 radical (unpaired) electrons. The van der Waals surface area contributed by atoms with Gasteiger partial charge in [-0.05, 0) is 23.3 Å². The Morgan fingerprint density at radius 1 is 1.19 bits per heavy atom. The maximum absolute atomic E-state index is 12.4. The van der Waals surface area contributed by atoms with E-state index in [9.17, 15) is 14.7 Å². The molecule has 1 amide bonds. The summed E-state index contributed by atoms with van der Waals surface area (Å²) in [5, 5.41) is 9.63. The van der Waals surface area contributed by atoms with Gasteiger partial charge in [0.1, 0.15) is 12.4 Å². The third-order valence-electron chi connectivity index (χ3n) is 4.71. The first-order valence-electron chi connectivity index (χ1n) is 8.51. The van der Waals surface area contributed by atoms with Crippen LogP contribution >= 0.6 is 15.9 Å². The second-order valence-electron chi connectivity index (χ2n) is 6.38. The molecule has 1 aliphatic rings. The zero-order valence-electron chi connectivity index (χ0n) is 14.8. The van der Waals surface area contributed by atoms with Crippen LogP contribution < -0.4 is 4.74 Å². The summed E-state index contributed by atoms with van der Waals surface area (Å²) in [7, 11) is 1.57. The van der Waals surface area contributed by atoms with Crippen LogP contribution in [0.2, 0.25) is 0 Å². The van der Waals surface area contributed by atoms with Crippen LogP contribution in [-0.2, 0) is 16.1 Å². The third kappa shape index (κ3) is 4.42. The van der Waals surface area contributed by atoms with Crippen molar-refractivity contribution in [3.8, 4) is 5.75 Å². The molecule has 1 N–H and O–H groups in total. The van der Waals surface area contributed by atoms with E-state index in [1.807, 2.05) is 36.4 Å². The minimum Gasteiger partial charge on any atom is -0.497 e. The molecule has 2 atom stereocenters. The summed E-state index contributed by atoms with van der Waals surface area (Å²) < 4.78 is 11.3. The first-order chi connectivity index (χ1) is 13.0. The average Bonchev–Trinajstić information content (AvgIpc) is 3.12. The predicted octanol–water partition coefficient (Wildman–Crippen LogP) is 3.89. The van der Waals surface area contributed by atoms with Crippen molar-refractivity contribution in [3.63, 3.8) is 0 Å². The topological polar surface area (TPSA) is 76.1 Å². The van der Waals surface area contributed by atoms with Crippen molar-refractivity contribution in [1.29, 1.82) is 0 Å². The molecule has 1 aliphatic heterocycles. The number of nitrogens with zero attached hydrogens (tertiary/aromatic N) is 1. The molecule has 1 saturated heterocycles. The van der Waals surface area contributed by atoms with E-state index in [-0.39, 0.29) is 25.6 Å². The highest BCUT2D eigenvalue weighted by atomic mass is 79.9. The largest absolute Gasteiger partial charge is 0.497 e. The van der Waals surface area contributed by atoms with Gasteiger partial charge in [-0.3, -0.25) is 4.79 Å². The van der Waals surface area contributed by atoms with E-state index in [0.29, 0.717) is 5.75 Å². The van der Waals surface area contributed by atoms with Gasteiger partial charge in [0.2, 0.25) is 0 Å². The van der Waals surface area contributed by atoms with Crippen LogP contribution in [0.4, 0.5) is 4.79 Å². The first-order valence-corrected chi connectivity index (χ1v) is 9.30. The van der Waals surface area contributed by atoms with Crippen molar-refractivity contribution >= 4 is 28.0 Å². The summed E-state index contributed by atoms with van der Waals surface area (Å²) in [4.78, 5) is 25.6. The lowest BCUT2D eigenvalue weighted by Gasteiger charge is -2.18. The number of rotatable bonds is 5. The molecule has 0 aliphatic carbocycles. The third-order valence-corrected chi connectivity index (χ3v) is 5.39. The number of carbonyl (C=O) groups is 2. The van der Waals surface area contributed by atoms with Crippen molar-refractivity contribution in [2.45, 2.75) is 12.5 Å². The van der Waals surface area contributed by atoms with E-state index < -0.39 is 18.0 Å². The molecule has 2 aromatic carbocycles. The number of aliphatic carboxylic acids is 1. The van der Waals surface area contributed by atoms with E-state index in [0.717, 1.165) is 15.6 Å². The van der Waals surface area contributed by atoms with E-state index in [2.05, 4.69) is 15.9 Å². The Hall–Kier alpha value is -2.54. The Labute approximate surface area is 165 Å². The molecule has 1 fully saturated rings. The van der Waals surface area contributed by atoms with Gasteiger partial charge < -0.3 is 19.5 Å². The number of methoxy groups -OCH3 is 1. The van der Waals surface area contributed by atoms with Crippen LogP contribution in [0.3, 0.4) is 0 Å². The van der Waals surface area contributed by atoms with Gasteiger partial charge in [-0.25, -0.2) is 4.79 Å². The number of likely N-dealkylation sites (tertiary alicyclic amines) is 1. The summed E-state index contributed by atoms with van der Waals surface area (Å²) in [6, 6.07) is 14.8. The number of carboxylic acid groups (broad SMARTS) is 1. The van der Waals surface area contributed by atoms with Gasteiger partial charge in [-0.15, -0.1) is 0 Å². The van der Waals surface area contributed by atoms with Gasteiger partial charge in [0, 0.05) is 23.5 Å². The molecule has 2 aromatic rings. The van der Waals surface area contributed by atoms with E-state index in [1.54, 1.807) is 19.2 Å². The fourth-order valence-electron chi connectivity index (χ4n) is 3.26. The first kappa shape index (κ1) is 19.2. The minimum atomic E-state index is -0.930. The van der Waals surface area contributed by atoms with Gasteiger partial charge >= 0.3 is 12.1 Å². The number of hydrogen-bond donors (Lipinski definition) is 1. The summed E-state index contributed by atoms with van der Waals surface area (Å²) >= 11 is 3.49. The smallest absolute Gasteiger partial charge is 0.410 e. The Kier molecular flexibility index (Phi) is 6.01. The molecule has 0 spiro atoms. The second kappa shape index (κ2) is 8.43. The molecule has 0 saturated carbocycles. The highest BCUT2D eigenvalue weighted by molar-refractivity contribution is 9.10. The molecular weight excluding hydrogens is 414 g/mol. The molecule has 6 nitrogen and oxygen atoms in total. The SMILES string of the molecule is COc1ccc([C@@H]2CN(C(=O)OCc3ccccc3)C[C@H]2C(=O)O)c(Br)c1. The summed E-state index contributed by atoms with van der Waals surface area (Å²) in [5.41, 5.74) is 1.72. The molecule has 27 heavy (non-hydrogen) atoms. The molecule has 7 heteroatoms. The number of carbonyl (C=O) groups excluding carboxylic acids is 1. The minimum absolute atomic E-state index is 0.117. The van der Waals surface area contributed by atoms with Crippen LogP contribution in [0.25, 0.3) is 0 Å². The predicted molar refractivity (Wildman–Crippen MR) is 103 cm³/mol. The van der Waals surface area contributed by atoms with Gasteiger partial charge in [0.15, 0.2) is 0 Å². The monoisotopic (exact) mass is 433 g/mol. The van der Waals surface area contributed by atoms with E-state index in [1.165, 1.54) is 4.90 Å². The van der Waals surface area contributed by atoms with Crippen molar-refractivity contribution in [3.05, 3.63) is 64.1 Å². The molecule has 1 heterocycles. The maximum Gasteiger partial charge on any atom is 0.410 e. The van der Waals surface area contributed by atoms with Crippen LogP contribution in [0.15, 0.2) is 53.0 Å². The Morgan fingerprint density at radius 3 is 2.56 bits per heavy atom. The fraction of sp³-hybridized carbons (Fsp3) is 0.300. The quantitative estimate of drug-likeness (QED) is 0.773. The normalized spacial score (nSPS) is 19.0. The zero-order chi connectivity index (χ0) is 19.4. The van der Waals surface area contributed by atoms with Crippen LogP contribution in [-0.4, -0.2) is 42.3 Å². The summed E-state index contributed by atoms with van der Waals surface area (Å²) in [6.45, 7) is 0.562. The number of ether oxygens (including phenoxy) is 2. The summed E-state index contributed by atoms with van der Waals surface area (Å²) in [5.74, 6) is -1.28. The number of hydrogen-bond acceptors (Lipinski definition) is 4. The number of halogens is 1. The number of benzene rings is 2. The molecule has 142 valence electrons. The van der Waals surface area contributed by atoms with Crippen LogP contribution in [0, 0.1) is 5.92 Å². The average molecular weight is 434 g/mol. The van der Waals surface area contributed by atoms with Gasteiger partial charge in [-0.1, -0.05) is 52.3 Å². The lowest BCUT2D eigenvalue weighted by atomic mass is 9.89. The Morgan fingerprint density at radius 2 is 1.93 bits per heavy atom. The molecule has 3 rings (SSSR count). The molecule has 0 aromatic heterocycles. The van der Waals surface area contributed by atoms with E-state index in [4.69, 9.17) is 9.47 Å². The molecular formula is C20H20BrNO5. The van der Waals surface area contributed by atoms with Crippen molar-refractivity contribution in [1.82, 2.24) is 4.90 Å². The van der Waals surface area contributed by atoms with Crippen LogP contribution in [0.1, 0.15) is 17.0 Å². The second-order valence-corrected chi connectivity index (χ2v) is 7.24. The lowest BCUT2D eigenvalue weighted by molar-refractivity contribution is -0.141. The van der Waals surface area contributed by atoms with Crippen molar-refractivity contribution in [2.24, 2.45) is 5.92 Å². The molecule has 0 bridgehead atoms. The highest BCUT2D eigenvalue weighted by Crippen LogP contribution is 2.38. The fourth-order valence-corrected chi connectivity index (χ4v) is 3.92. The van der Waals surface area contributed by atoms with Gasteiger partial charge in [-0.2, -0.15) is 0 Å². The van der Waals surface area contributed by atoms with Gasteiger partial charge in [0.05, 0.1) is 13.0 Å². The van der Waals surface area contributed by atoms with Crippen molar-refractivity contribution in [2.75, 3.05) is 20.2 Å². The lowest BCUT2D eigenvalue weighted by Crippen LogP contribution is -2.30. The Balaban J connectivity index is 1.72. The van der Waals surface area contributed by atoms with E-state index >= 15 is 0 Å². The highest BCUT2D eigenvalue weighted by Gasteiger charge is 2.41. The van der Waals surface area contributed by atoms with Gasteiger partial charge in [0.25, 0.3) is 0 Å². The number of carboxylic acids is 1. The number of amides is 1. The zero-order valence-corrected chi connectivity index (χ0v) is 16.4. The Bertz CT molecular complexity index is 826. The maximum atomic E-state index is 12.4. The summed E-state index contributed by atoms with van der Waals surface area (Å²) in [6.07, 6.45) is -0.503. The standard InChI is InChI=1S/C20H20BrNO5/c1-26-14-7-8-15(18(21)9-14)16-10-22(11-17(16)19(23)24)20(25)27-12-13-5-3-2-4-6-13/h2-9,16-17H,10-12H2,1H3,(H,23,24)/t16-,17+/m0/s1. The van der Waals surface area contributed by atoms with Crippen molar-refractivity contribution < 1.29 is 24.2 Å². The van der Waals surface area contributed by atoms with Crippen LogP contribution in [0.5, 0.6) is 5.75 Å². The molecule has 0 unspecified atom stereocenters.